The van der Waals surface area contributed by atoms with Crippen molar-refractivity contribution in [3.05, 3.63) is 83.3 Å². The van der Waals surface area contributed by atoms with Crippen molar-refractivity contribution >= 4 is 17.5 Å². The van der Waals surface area contributed by atoms with E-state index in [0.717, 1.165) is 49.2 Å². The molecule has 2 aliphatic heterocycles. The van der Waals surface area contributed by atoms with Crippen LogP contribution >= 0.6 is 0 Å². The lowest BCUT2D eigenvalue weighted by molar-refractivity contribution is -0.0195. The summed E-state index contributed by atoms with van der Waals surface area (Å²) in [6.45, 7) is 3.83. The van der Waals surface area contributed by atoms with Gasteiger partial charge in [-0.2, -0.15) is 0 Å². The fourth-order valence-corrected chi connectivity index (χ4v) is 4.81. The average molecular weight is 460 g/mol. The van der Waals surface area contributed by atoms with Crippen molar-refractivity contribution in [1.82, 2.24) is 10.2 Å². The van der Waals surface area contributed by atoms with Crippen LogP contribution in [0.2, 0.25) is 0 Å². The van der Waals surface area contributed by atoms with Gasteiger partial charge in [-0.25, -0.2) is 0 Å². The van der Waals surface area contributed by atoms with Crippen molar-refractivity contribution in [2.24, 2.45) is 0 Å². The highest BCUT2D eigenvalue weighted by atomic mass is 16.5. The number of likely N-dealkylation sites (tertiary alicyclic amines) is 1. The summed E-state index contributed by atoms with van der Waals surface area (Å²) in [5.74, 6) is 0.530. The Morgan fingerprint density at radius 3 is 2.59 bits per heavy atom. The van der Waals surface area contributed by atoms with Crippen molar-refractivity contribution in [3.63, 3.8) is 0 Å². The van der Waals surface area contributed by atoms with E-state index >= 15 is 0 Å². The number of rotatable bonds is 4. The fraction of sp³-hybridized carbons (Fsp3) is 0.333. The summed E-state index contributed by atoms with van der Waals surface area (Å²) in [5.41, 5.74) is 2.65. The summed E-state index contributed by atoms with van der Waals surface area (Å²) < 4.78 is 11.7. The third kappa shape index (κ3) is 4.43. The zero-order valence-electron chi connectivity index (χ0n) is 19.5. The number of piperidine rings is 1. The molecule has 2 amide bonds. The first-order chi connectivity index (χ1) is 16.4. The van der Waals surface area contributed by atoms with Crippen LogP contribution < -0.4 is 15.4 Å². The molecule has 1 aromatic heterocycles. The number of para-hydroxylation sites is 1. The van der Waals surface area contributed by atoms with Gasteiger partial charge in [-0.05, 0) is 62.7 Å². The van der Waals surface area contributed by atoms with Crippen molar-refractivity contribution < 1.29 is 18.7 Å². The van der Waals surface area contributed by atoms with E-state index in [4.69, 9.17) is 9.15 Å². The van der Waals surface area contributed by atoms with Crippen LogP contribution in [-0.2, 0) is 0 Å². The van der Waals surface area contributed by atoms with E-state index in [0.29, 0.717) is 11.3 Å². The van der Waals surface area contributed by atoms with Crippen molar-refractivity contribution in [2.75, 3.05) is 25.5 Å². The first-order valence-electron chi connectivity index (χ1n) is 11.7. The van der Waals surface area contributed by atoms with Gasteiger partial charge < -0.3 is 24.7 Å². The number of amides is 2. The highest BCUT2D eigenvalue weighted by molar-refractivity contribution is 6.04. The van der Waals surface area contributed by atoms with E-state index in [9.17, 15) is 9.59 Å². The molecule has 0 unspecified atom stereocenters. The van der Waals surface area contributed by atoms with E-state index < -0.39 is 0 Å². The molecule has 0 radical (unpaired) electrons. The highest BCUT2D eigenvalue weighted by Gasteiger charge is 2.43. The van der Waals surface area contributed by atoms with Gasteiger partial charge in [0.2, 0.25) is 0 Å². The number of aryl methyl sites for hydroxylation is 1. The molecule has 3 aromatic rings. The van der Waals surface area contributed by atoms with Gasteiger partial charge in [-0.15, -0.1) is 0 Å². The Kier molecular flexibility index (Phi) is 5.87. The predicted molar refractivity (Wildman–Crippen MR) is 129 cm³/mol. The monoisotopic (exact) mass is 459 g/mol. The second-order valence-corrected chi connectivity index (χ2v) is 9.32. The summed E-state index contributed by atoms with van der Waals surface area (Å²) in [7, 11) is 2.13. The molecule has 2 N–H and O–H groups in total. The molecule has 2 aromatic carbocycles. The summed E-state index contributed by atoms with van der Waals surface area (Å²) in [5, 5.41) is 6.08. The van der Waals surface area contributed by atoms with Crippen LogP contribution in [0.1, 0.15) is 57.3 Å². The molecule has 176 valence electrons. The quantitative estimate of drug-likeness (QED) is 0.598. The van der Waals surface area contributed by atoms with Crippen LogP contribution in [0.15, 0.2) is 65.3 Å². The van der Waals surface area contributed by atoms with E-state index in [1.54, 1.807) is 24.3 Å². The molecule has 1 saturated heterocycles. The van der Waals surface area contributed by atoms with E-state index in [1.807, 2.05) is 37.3 Å². The smallest absolute Gasteiger partial charge is 0.291 e. The Balaban J connectivity index is 1.36. The second kappa shape index (κ2) is 8.99. The number of furan rings is 1. The number of fused-ring (bicyclic) bond motifs is 1. The fourth-order valence-electron chi connectivity index (χ4n) is 4.81. The van der Waals surface area contributed by atoms with Gasteiger partial charge in [0.1, 0.15) is 11.4 Å². The number of anilines is 1. The number of benzene rings is 2. The zero-order chi connectivity index (χ0) is 23.7. The van der Waals surface area contributed by atoms with Gasteiger partial charge in [0.25, 0.3) is 11.8 Å². The molecular formula is C27H29N3O4. The number of ether oxygens (including phenoxy) is 1. The Bertz CT molecular complexity index is 1200. The van der Waals surface area contributed by atoms with Gasteiger partial charge in [0.15, 0.2) is 5.76 Å². The number of carbonyl (C=O) groups excluding carboxylic acids is 2. The molecular weight excluding hydrogens is 430 g/mol. The van der Waals surface area contributed by atoms with Crippen LogP contribution in [0.25, 0.3) is 0 Å². The third-order valence-electron chi connectivity index (χ3n) is 6.89. The van der Waals surface area contributed by atoms with E-state index in [1.165, 1.54) is 6.26 Å². The lowest BCUT2D eigenvalue weighted by atomic mass is 9.80. The first kappa shape index (κ1) is 22.2. The third-order valence-corrected chi connectivity index (χ3v) is 6.89. The molecule has 7 heteroatoms. The normalized spacial score (nSPS) is 19.2. The van der Waals surface area contributed by atoms with Gasteiger partial charge in [-0.3, -0.25) is 9.59 Å². The molecule has 1 atom stereocenters. The maximum absolute atomic E-state index is 13.3. The maximum atomic E-state index is 13.3. The number of carbonyl (C=O) groups is 2. The van der Waals surface area contributed by atoms with E-state index in [2.05, 4.69) is 22.6 Å². The van der Waals surface area contributed by atoms with Crippen molar-refractivity contribution in [2.45, 2.75) is 37.8 Å². The summed E-state index contributed by atoms with van der Waals surface area (Å²) >= 11 is 0. The van der Waals surface area contributed by atoms with Gasteiger partial charge in [-0.1, -0.05) is 24.3 Å². The summed E-state index contributed by atoms with van der Waals surface area (Å²) in [6, 6.07) is 16.4. The molecule has 1 spiro atoms. The molecule has 0 bridgehead atoms. The Morgan fingerprint density at radius 2 is 1.82 bits per heavy atom. The van der Waals surface area contributed by atoms with Crippen LogP contribution in [-0.4, -0.2) is 42.5 Å². The number of nitrogens with zero attached hydrogens (tertiary/aromatic N) is 1. The summed E-state index contributed by atoms with van der Waals surface area (Å²) in [4.78, 5) is 28.1. The van der Waals surface area contributed by atoms with Crippen molar-refractivity contribution in [3.8, 4) is 5.75 Å². The minimum absolute atomic E-state index is 0.150. The summed E-state index contributed by atoms with van der Waals surface area (Å²) in [6.07, 6.45) is 4.04. The number of hydrogen-bond acceptors (Lipinski definition) is 5. The maximum Gasteiger partial charge on any atom is 0.291 e. The minimum Gasteiger partial charge on any atom is -0.487 e. The lowest BCUT2D eigenvalue weighted by Crippen LogP contribution is -2.51. The Labute approximate surface area is 199 Å². The minimum atomic E-state index is -0.353. The van der Waals surface area contributed by atoms with Gasteiger partial charge >= 0.3 is 0 Å². The molecule has 2 aliphatic rings. The molecule has 1 fully saturated rings. The Hall–Kier alpha value is -3.58. The zero-order valence-corrected chi connectivity index (χ0v) is 19.5. The standard InChI is InChI=1S/C27H29N3O4/c1-18-9-10-19(16-21(18)28-26(32)24-8-5-15-33-24)25(31)29-22-17-27(11-13-30(2)14-12-27)34-23-7-4-3-6-20(22)23/h3-10,15-16,22H,11-14,17H2,1-2H3,(H,28,32)(H,29,31)/t22-/m0/s1. The average Bonchev–Trinajstić information content (AvgIpc) is 3.38. The van der Waals surface area contributed by atoms with E-state index in [-0.39, 0.29) is 29.2 Å². The first-order valence-corrected chi connectivity index (χ1v) is 11.7. The number of hydrogen-bond donors (Lipinski definition) is 2. The molecule has 0 aliphatic carbocycles. The highest BCUT2D eigenvalue weighted by Crippen LogP contribution is 2.44. The number of nitrogens with one attached hydrogen (secondary N) is 2. The Morgan fingerprint density at radius 1 is 1.03 bits per heavy atom. The second-order valence-electron chi connectivity index (χ2n) is 9.32. The van der Waals surface area contributed by atoms with Crippen LogP contribution in [0.3, 0.4) is 0 Å². The molecule has 5 rings (SSSR count). The molecule has 7 nitrogen and oxygen atoms in total. The van der Waals surface area contributed by atoms with Crippen molar-refractivity contribution in [1.29, 1.82) is 0 Å². The lowest BCUT2D eigenvalue weighted by Gasteiger charge is -2.46. The van der Waals surface area contributed by atoms with Gasteiger partial charge in [0.05, 0.1) is 12.3 Å². The predicted octanol–water partition coefficient (Wildman–Crippen LogP) is 4.56. The van der Waals surface area contributed by atoms with Crippen LogP contribution in [0.4, 0.5) is 5.69 Å². The van der Waals surface area contributed by atoms with Crippen LogP contribution in [0.5, 0.6) is 5.75 Å². The molecule has 0 saturated carbocycles. The SMILES string of the molecule is Cc1ccc(C(=O)N[C@H]2CC3(CCN(C)CC3)Oc3ccccc32)cc1NC(=O)c1ccco1. The topological polar surface area (TPSA) is 83.8 Å². The van der Waals surface area contributed by atoms with Gasteiger partial charge in [0, 0.05) is 36.3 Å². The largest absolute Gasteiger partial charge is 0.487 e. The van der Waals surface area contributed by atoms with Crippen LogP contribution in [0, 0.1) is 6.92 Å². The molecule has 34 heavy (non-hydrogen) atoms. The molecule has 3 heterocycles.